The van der Waals surface area contributed by atoms with Crippen molar-refractivity contribution >= 4 is 51.7 Å². The zero-order valence-electron chi connectivity index (χ0n) is 26.4. The van der Waals surface area contributed by atoms with Crippen molar-refractivity contribution in [2.45, 2.75) is 39.4 Å². The van der Waals surface area contributed by atoms with Crippen molar-refractivity contribution in [2.24, 2.45) is 0 Å². The normalized spacial score (nSPS) is 15.4. The summed E-state index contributed by atoms with van der Waals surface area (Å²) in [7, 11) is 0. The summed E-state index contributed by atoms with van der Waals surface area (Å²) in [5, 5.41) is 21.7. The molecule has 1 saturated heterocycles. The number of ether oxygens (including phenoxy) is 1. The highest BCUT2D eigenvalue weighted by atomic mass is 35.5. The zero-order valence-corrected chi connectivity index (χ0v) is 27.2. The number of pyridine rings is 1. The molecule has 0 radical (unpaired) electrons. The standard InChI is InChI=1S/C31H31ClF3N9O5/c1-3-22-26(41-8-10-42(11-9-41)30(48)25-27(46)17(2)36-16-37-25)28(47)24-29(40-44(39-24)19-6-12-49-13-7-19)43(22)15-23(45)38-21-5-4-18(14-20(21)32)31(33,34)35/h4-6,14,16,46H,3,7-13,15H2,1-2H3,(H,38,45). The maximum atomic E-state index is 14.2. The Bertz CT molecular complexity index is 2040. The van der Waals surface area contributed by atoms with E-state index in [0.29, 0.717) is 37.4 Å². The molecule has 0 unspecified atom stereocenters. The summed E-state index contributed by atoms with van der Waals surface area (Å²) in [6, 6.07) is 2.63. The van der Waals surface area contributed by atoms with Gasteiger partial charge in [-0.15, -0.1) is 10.2 Å². The lowest BCUT2D eigenvalue weighted by atomic mass is 10.1. The molecule has 3 aromatic heterocycles. The lowest BCUT2D eigenvalue weighted by Crippen LogP contribution is -2.50. The number of piperazine rings is 1. The van der Waals surface area contributed by atoms with Gasteiger partial charge in [0.15, 0.2) is 22.6 Å². The maximum Gasteiger partial charge on any atom is 0.416 e. The number of anilines is 2. The zero-order chi connectivity index (χ0) is 35.0. The van der Waals surface area contributed by atoms with Crippen LogP contribution in [0.15, 0.2) is 35.4 Å². The van der Waals surface area contributed by atoms with E-state index in [2.05, 4.69) is 25.5 Å². The number of benzene rings is 1. The predicted molar refractivity (Wildman–Crippen MR) is 173 cm³/mol. The van der Waals surface area contributed by atoms with Crippen LogP contribution in [-0.2, 0) is 28.7 Å². The van der Waals surface area contributed by atoms with E-state index in [1.807, 2.05) is 11.8 Å². The summed E-state index contributed by atoms with van der Waals surface area (Å²) in [6.45, 7) is 4.68. The van der Waals surface area contributed by atoms with Crippen LogP contribution >= 0.6 is 11.6 Å². The van der Waals surface area contributed by atoms with Gasteiger partial charge in [-0.1, -0.05) is 18.5 Å². The van der Waals surface area contributed by atoms with Crippen molar-refractivity contribution in [1.82, 2.24) is 34.4 Å². The molecule has 0 atom stereocenters. The number of carbonyl (C=O) groups is 2. The Kier molecular flexibility index (Phi) is 9.30. The molecule has 0 aliphatic carbocycles. The van der Waals surface area contributed by atoms with E-state index in [-0.39, 0.29) is 77.4 Å². The van der Waals surface area contributed by atoms with E-state index in [4.69, 9.17) is 16.3 Å². The summed E-state index contributed by atoms with van der Waals surface area (Å²) in [5.74, 6) is -1.39. The molecule has 2 aliphatic heterocycles. The van der Waals surface area contributed by atoms with Gasteiger partial charge in [-0.05, 0) is 37.6 Å². The number of alkyl halides is 3. The molecule has 0 bridgehead atoms. The number of carbonyl (C=O) groups excluding carboxylic acids is 2. The molecule has 258 valence electrons. The molecule has 5 heterocycles. The summed E-state index contributed by atoms with van der Waals surface area (Å²) in [6.07, 6.45) is -0.819. The molecule has 1 aromatic carbocycles. The summed E-state index contributed by atoms with van der Waals surface area (Å²) in [5.41, 5.74) is 0.414. The molecule has 14 nitrogen and oxygen atoms in total. The molecule has 0 saturated carbocycles. The number of nitrogens with one attached hydrogen (secondary N) is 1. The van der Waals surface area contributed by atoms with Crippen LogP contribution in [0.1, 0.15) is 40.8 Å². The third-order valence-corrected chi connectivity index (χ3v) is 8.69. The van der Waals surface area contributed by atoms with Gasteiger partial charge in [0.05, 0.1) is 40.9 Å². The van der Waals surface area contributed by atoms with Crippen LogP contribution in [0.3, 0.4) is 0 Å². The molecule has 2 N–H and O–H groups in total. The van der Waals surface area contributed by atoms with Crippen LogP contribution < -0.4 is 15.6 Å². The first kappa shape index (κ1) is 33.9. The Morgan fingerprint density at radius 3 is 2.53 bits per heavy atom. The average molecular weight is 702 g/mol. The van der Waals surface area contributed by atoms with Gasteiger partial charge in [-0.3, -0.25) is 14.4 Å². The highest BCUT2D eigenvalue weighted by Crippen LogP contribution is 2.34. The Morgan fingerprint density at radius 1 is 1.12 bits per heavy atom. The molecular weight excluding hydrogens is 671 g/mol. The Morgan fingerprint density at radius 2 is 1.88 bits per heavy atom. The third-order valence-electron chi connectivity index (χ3n) is 8.38. The first-order valence-corrected chi connectivity index (χ1v) is 15.8. The largest absolute Gasteiger partial charge is 0.504 e. The van der Waals surface area contributed by atoms with Crippen molar-refractivity contribution in [2.75, 3.05) is 49.6 Å². The van der Waals surface area contributed by atoms with Gasteiger partial charge in [0, 0.05) is 38.3 Å². The van der Waals surface area contributed by atoms with Crippen molar-refractivity contribution < 1.29 is 32.6 Å². The minimum absolute atomic E-state index is 0.0137. The third kappa shape index (κ3) is 6.67. The SMILES string of the molecule is CCc1c(N2CCN(C(=O)c3ncnc(C)c3O)CC2)c(=O)c2nn(C3=CCOCC3)nc2n1CC(=O)Nc1ccc(C(F)(F)F)cc1Cl. The minimum atomic E-state index is -4.61. The molecule has 0 spiro atoms. The van der Waals surface area contributed by atoms with Crippen molar-refractivity contribution in [3.63, 3.8) is 0 Å². The summed E-state index contributed by atoms with van der Waals surface area (Å²) >= 11 is 6.10. The van der Waals surface area contributed by atoms with E-state index >= 15 is 0 Å². The lowest BCUT2D eigenvalue weighted by molar-refractivity contribution is -0.137. The minimum Gasteiger partial charge on any atom is -0.504 e. The molecule has 2 amide bonds. The molecule has 1 fully saturated rings. The highest BCUT2D eigenvalue weighted by Gasteiger charge is 2.32. The quantitative estimate of drug-likeness (QED) is 0.292. The smallest absolute Gasteiger partial charge is 0.416 e. The molecule has 4 aromatic rings. The van der Waals surface area contributed by atoms with E-state index in [9.17, 15) is 32.7 Å². The first-order chi connectivity index (χ1) is 23.4. The van der Waals surface area contributed by atoms with Crippen molar-refractivity contribution in [1.29, 1.82) is 0 Å². The Hall–Kier alpha value is -5.03. The fraction of sp³-hybridized carbons (Fsp3) is 0.387. The number of hydrogen-bond donors (Lipinski definition) is 2. The van der Waals surface area contributed by atoms with Gasteiger partial charge in [-0.25, -0.2) is 9.97 Å². The number of nitrogens with zero attached hydrogens (tertiary/aromatic N) is 8. The van der Waals surface area contributed by atoms with Gasteiger partial charge in [0.2, 0.25) is 11.3 Å². The van der Waals surface area contributed by atoms with Gasteiger partial charge in [-0.2, -0.15) is 18.0 Å². The van der Waals surface area contributed by atoms with E-state index in [1.54, 1.807) is 17.6 Å². The Balaban J connectivity index is 1.35. The number of aryl methyl sites for hydroxylation is 1. The van der Waals surface area contributed by atoms with Gasteiger partial charge in [0.25, 0.3) is 5.91 Å². The van der Waals surface area contributed by atoms with Gasteiger partial charge in [0.1, 0.15) is 18.6 Å². The van der Waals surface area contributed by atoms with Crippen LogP contribution in [0.5, 0.6) is 5.75 Å². The van der Waals surface area contributed by atoms with Crippen LogP contribution in [0.25, 0.3) is 16.9 Å². The second-order valence-electron chi connectivity index (χ2n) is 11.4. The molecule has 49 heavy (non-hydrogen) atoms. The maximum absolute atomic E-state index is 14.2. The van der Waals surface area contributed by atoms with E-state index in [1.165, 1.54) is 16.0 Å². The van der Waals surface area contributed by atoms with Crippen LogP contribution in [0.4, 0.5) is 24.5 Å². The van der Waals surface area contributed by atoms with Gasteiger partial charge < -0.3 is 29.5 Å². The summed E-state index contributed by atoms with van der Waals surface area (Å²) in [4.78, 5) is 53.3. The van der Waals surface area contributed by atoms with Crippen LogP contribution in [0, 0.1) is 6.92 Å². The molecular formula is C31H31ClF3N9O5. The number of amides is 2. The fourth-order valence-electron chi connectivity index (χ4n) is 5.84. The predicted octanol–water partition coefficient (Wildman–Crippen LogP) is 3.49. The number of halogens is 4. The van der Waals surface area contributed by atoms with Crippen LogP contribution in [-0.4, -0.2) is 90.7 Å². The first-order valence-electron chi connectivity index (χ1n) is 15.4. The lowest BCUT2D eigenvalue weighted by Gasteiger charge is -2.36. The molecule has 2 aliphatic rings. The Labute approximate surface area is 281 Å². The number of rotatable bonds is 7. The van der Waals surface area contributed by atoms with Crippen LogP contribution in [0.2, 0.25) is 5.02 Å². The van der Waals surface area contributed by atoms with E-state index < -0.39 is 29.0 Å². The van der Waals surface area contributed by atoms with E-state index in [0.717, 1.165) is 18.2 Å². The second-order valence-corrected chi connectivity index (χ2v) is 11.8. The number of hydrogen-bond acceptors (Lipinski definition) is 10. The van der Waals surface area contributed by atoms with Crippen molar-refractivity contribution in [3.8, 4) is 5.75 Å². The fourth-order valence-corrected chi connectivity index (χ4v) is 6.07. The average Bonchev–Trinajstić information content (AvgIpc) is 3.54. The monoisotopic (exact) mass is 701 g/mol. The molecule has 18 heteroatoms. The van der Waals surface area contributed by atoms with Gasteiger partial charge >= 0.3 is 6.18 Å². The summed E-state index contributed by atoms with van der Waals surface area (Å²) < 4.78 is 46.5. The van der Waals surface area contributed by atoms with Crippen molar-refractivity contribution in [3.05, 3.63) is 68.5 Å². The number of aromatic nitrogens is 6. The topological polar surface area (TPSA) is 161 Å². The molecule has 6 rings (SSSR count). The number of aromatic hydroxyl groups is 1. The number of fused-ring (bicyclic) bond motifs is 1. The second kappa shape index (κ2) is 13.5. The highest BCUT2D eigenvalue weighted by molar-refractivity contribution is 6.33.